The van der Waals surface area contributed by atoms with E-state index in [1.165, 1.54) is 0 Å². The maximum Gasteiger partial charge on any atom is -0.000708 e. The Balaban J connectivity index is 4.70. The van der Waals surface area contributed by atoms with E-state index >= 15 is 0 Å². The molecule has 0 saturated heterocycles. The molecule has 48 valence electrons. The first-order valence-corrected chi connectivity index (χ1v) is 3.01. The van der Waals surface area contributed by atoms with Crippen LogP contribution in [0.5, 0.6) is 0 Å². The number of hydrogen-bond donors (Lipinski definition) is 0. The second-order valence-electron chi connectivity index (χ2n) is 1.43. The molecule has 0 nitrogen and oxygen atoms in total. The smallest absolute Gasteiger partial charge is 0.000708 e. The van der Waals surface area contributed by atoms with Crippen molar-refractivity contribution in [2.75, 3.05) is 0 Å². The second-order valence-corrected chi connectivity index (χ2v) is 1.43. The Labute approximate surface area is 61.2 Å². The van der Waals surface area contributed by atoms with Gasteiger partial charge in [-0.3, -0.25) is 0 Å². The fraction of sp³-hybridized carbons (Fsp3) is 0.200. The molecule has 0 heterocycles. The summed E-state index contributed by atoms with van der Waals surface area (Å²) in [5.74, 6) is 0. The van der Waals surface area contributed by atoms with E-state index < -0.39 is 0 Å². The molecule has 0 aliphatic heterocycles. The fourth-order valence-corrected chi connectivity index (χ4v) is 0.296. The van der Waals surface area contributed by atoms with E-state index in [9.17, 15) is 0 Å². The molecule has 0 atom stereocenters. The highest BCUT2D eigenvalue weighted by Gasteiger charge is 1.52. The van der Waals surface area contributed by atoms with Gasteiger partial charge in [-0.15, -0.1) is 0 Å². The van der Waals surface area contributed by atoms with Crippen molar-refractivity contribution in [2.24, 2.45) is 0 Å². The Morgan fingerprint density at radius 2 is 1.90 bits per heavy atom. The predicted molar refractivity (Wildman–Crippen MR) is 41.6 cm³/mol. The van der Waals surface area contributed by atoms with E-state index in [0.29, 0.717) is 0 Å². The van der Waals surface area contributed by atoms with Crippen LogP contribution in [0.2, 0.25) is 0 Å². The summed E-state index contributed by atoms with van der Waals surface area (Å²) in [6.07, 6.45) is 2.81. The second kappa shape index (κ2) is 7.42. The molecule has 0 unspecified atom stereocenters. The molecular formula is C10H8. The molecule has 0 rings (SSSR count). The van der Waals surface area contributed by atoms with Crippen molar-refractivity contribution in [3.8, 4) is 0 Å². The average Bonchev–Trinajstić information content (AvgIpc) is 1.97. The van der Waals surface area contributed by atoms with E-state index in [4.69, 9.17) is 0 Å². The summed E-state index contributed by atoms with van der Waals surface area (Å²) in [6.45, 7) is 5.33. The van der Waals surface area contributed by atoms with Gasteiger partial charge in [-0.2, -0.15) is 0 Å². The molecule has 0 bridgehead atoms. The third-order valence-corrected chi connectivity index (χ3v) is 0.654. The van der Waals surface area contributed by atoms with Gasteiger partial charge in [0.25, 0.3) is 0 Å². The Kier molecular flexibility index (Phi) is 6.25. The van der Waals surface area contributed by atoms with E-state index in [-0.39, 0.29) is 0 Å². The fourth-order valence-electron chi connectivity index (χ4n) is 0.296. The van der Waals surface area contributed by atoms with Crippen LogP contribution >= 0.6 is 0 Å². The quantitative estimate of drug-likeness (QED) is 0.476. The van der Waals surface area contributed by atoms with Gasteiger partial charge in [-0.05, 0) is 42.0 Å². The highest BCUT2D eigenvalue weighted by atomic mass is 13.6. The standard InChI is InChI=1S/C10H8/c1-3-5-7-9-10-8-6-4-2/h6H,1,4H2,2H3. The van der Waals surface area contributed by atoms with Crippen molar-refractivity contribution in [1.82, 2.24) is 0 Å². The minimum absolute atomic E-state index is 0.954. The zero-order valence-corrected chi connectivity index (χ0v) is 5.99. The lowest BCUT2D eigenvalue weighted by Crippen LogP contribution is -1.40. The van der Waals surface area contributed by atoms with Gasteiger partial charge in [0.15, 0.2) is 0 Å². The first-order chi connectivity index (χ1) is 4.91. The molecule has 0 aromatic heterocycles. The molecule has 0 fully saturated rings. The van der Waals surface area contributed by atoms with Crippen molar-refractivity contribution in [3.05, 3.63) is 47.0 Å². The summed E-state index contributed by atoms with van der Waals surface area (Å²) in [5, 5.41) is 0. The monoisotopic (exact) mass is 128 g/mol. The van der Waals surface area contributed by atoms with Crippen LogP contribution in [0.3, 0.4) is 0 Å². The van der Waals surface area contributed by atoms with Crippen LogP contribution in [0.1, 0.15) is 13.3 Å². The van der Waals surface area contributed by atoms with E-state index in [1.54, 1.807) is 0 Å². The zero-order chi connectivity index (χ0) is 7.66. The minimum Gasteiger partial charge on any atom is -0.0687 e. The number of allylic oxidation sites excluding steroid dienone is 1. The van der Waals surface area contributed by atoms with Crippen LogP contribution in [0.4, 0.5) is 0 Å². The maximum atomic E-state index is 3.30. The summed E-state index contributed by atoms with van der Waals surface area (Å²) in [5.41, 5.74) is 15.4. The third kappa shape index (κ3) is 6.42. The van der Waals surface area contributed by atoms with Crippen LogP contribution in [0, 0.1) is 0 Å². The molecule has 0 aliphatic carbocycles. The third-order valence-electron chi connectivity index (χ3n) is 0.654. The molecule has 0 amide bonds. The Morgan fingerprint density at radius 3 is 2.50 bits per heavy atom. The number of rotatable bonds is 1. The minimum atomic E-state index is 0.954. The Morgan fingerprint density at radius 1 is 1.20 bits per heavy atom. The van der Waals surface area contributed by atoms with Gasteiger partial charge >= 0.3 is 0 Å². The van der Waals surface area contributed by atoms with Crippen molar-refractivity contribution in [3.63, 3.8) is 0 Å². The van der Waals surface area contributed by atoms with Gasteiger partial charge in [-0.25, -0.2) is 0 Å². The molecule has 0 aromatic carbocycles. The van der Waals surface area contributed by atoms with E-state index in [0.717, 1.165) is 6.42 Å². The van der Waals surface area contributed by atoms with E-state index in [2.05, 4.69) is 41.0 Å². The molecule has 0 saturated carbocycles. The van der Waals surface area contributed by atoms with Crippen molar-refractivity contribution in [1.29, 1.82) is 0 Å². The van der Waals surface area contributed by atoms with Crippen LogP contribution in [0.25, 0.3) is 0 Å². The molecular weight excluding hydrogens is 120 g/mol. The van der Waals surface area contributed by atoms with Gasteiger partial charge in [0.05, 0.1) is 0 Å². The van der Waals surface area contributed by atoms with Gasteiger partial charge in [-0.1, -0.05) is 18.4 Å². The topological polar surface area (TPSA) is 0 Å². The molecule has 0 spiro atoms. The highest BCUT2D eigenvalue weighted by molar-refractivity contribution is 4.88. The first kappa shape index (κ1) is 8.42. The zero-order valence-electron chi connectivity index (χ0n) is 5.99. The average molecular weight is 128 g/mol. The lowest BCUT2D eigenvalue weighted by Gasteiger charge is -1.59. The summed E-state index contributed by atoms with van der Waals surface area (Å²) >= 11 is 0. The molecule has 10 heavy (non-hydrogen) atoms. The first-order valence-electron chi connectivity index (χ1n) is 3.01. The molecule has 0 heteroatoms. The highest BCUT2D eigenvalue weighted by Crippen LogP contribution is 1.71. The van der Waals surface area contributed by atoms with Gasteiger partial charge < -0.3 is 0 Å². The van der Waals surface area contributed by atoms with Crippen LogP contribution in [-0.2, 0) is 0 Å². The molecule has 0 aromatic rings. The van der Waals surface area contributed by atoms with Gasteiger partial charge in [0, 0.05) is 0 Å². The molecule has 0 N–H and O–H groups in total. The van der Waals surface area contributed by atoms with Crippen molar-refractivity contribution < 1.29 is 0 Å². The van der Waals surface area contributed by atoms with Gasteiger partial charge in [0.2, 0.25) is 0 Å². The SMILES string of the molecule is C=C=C=C=C=C=C=CCC. The van der Waals surface area contributed by atoms with Crippen LogP contribution < -0.4 is 0 Å². The molecule has 0 radical (unpaired) electrons. The van der Waals surface area contributed by atoms with Crippen LogP contribution in [0.15, 0.2) is 47.0 Å². The Hall–Kier alpha value is -1.58. The summed E-state index contributed by atoms with van der Waals surface area (Å²) in [6, 6.07) is 0. The number of hydrogen-bond acceptors (Lipinski definition) is 0. The normalized spacial score (nSPS) is 4.90. The summed E-state index contributed by atoms with van der Waals surface area (Å²) in [7, 11) is 0. The lowest BCUT2D eigenvalue weighted by molar-refractivity contribution is 1.23. The summed E-state index contributed by atoms with van der Waals surface area (Å²) < 4.78 is 0. The van der Waals surface area contributed by atoms with Crippen molar-refractivity contribution >= 4 is 0 Å². The predicted octanol–water partition coefficient (Wildman–Crippen LogP) is 2.51. The van der Waals surface area contributed by atoms with Crippen LogP contribution in [-0.4, -0.2) is 0 Å². The largest absolute Gasteiger partial charge is 0.0687 e. The van der Waals surface area contributed by atoms with Gasteiger partial charge in [0.1, 0.15) is 0 Å². The molecule has 0 aliphatic rings. The Bertz CT molecular complexity index is 296. The van der Waals surface area contributed by atoms with Crippen molar-refractivity contribution in [2.45, 2.75) is 13.3 Å². The maximum absolute atomic E-state index is 3.30. The van der Waals surface area contributed by atoms with E-state index in [1.807, 2.05) is 13.0 Å². The summed E-state index contributed by atoms with van der Waals surface area (Å²) in [4.78, 5) is 0. The lowest BCUT2D eigenvalue weighted by atomic mass is 10.5.